The Morgan fingerprint density at radius 2 is 1.53 bits per heavy atom. The number of alkyl carbamates (subject to hydrolysis) is 1. The van der Waals surface area contributed by atoms with Crippen LogP contribution >= 0.6 is 0 Å². The van der Waals surface area contributed by atoms with Crippen LogP contribution in [0.5, 0.6) is 0 Å². The first kappa shape index (κ1) is 33.2. The summed E-state index contributed by atoms with van der Waals surface area (Å²) in [5.74, 6) is -0.572. The van der Waals surface area contributed by atoms with Crippen molar-refractivity contribution in [1.29, 1.82) is 5.41 Å². The van der Waals surface area contributed by atoms with Gasteiger partial charge in [0, 0.05) is 26.1 Å². The molecule has 1 aliphatic heterocycles. The van der Waals surface area contributed by atoms with Gasteiger partial charge in [-0.2, -0.15) is 0 Å². The number of nitrogens with one attached hydrogen (secondary N) is 3. The molecule has 0 radical (unpaired) electrons. The van der Waals surface area contributed by atoms with E-state index in [1.54, 1.807) is 32.9 Å². The molecule has 4 rings (SSSR count). The highest BCUT2D eigenvalue weighted by Gasteiger charge is 2.47. The van der Waals surface area contributed by atoms with Gasteiger partial charge in [-0.3, -0.25) is 15.1 Å². The van der Waals surface area contributed by atoms with Gasteiger partial charge in [-0.25, -0.2) is 14.0 Å². The molecule has 10 heteroatoms. The van der Waals surface area contributed by atoms with Crippen LogP contribution < -0.4 is 10.6 Å². The average molecular weight is 616 g/mol. The number of carbonyl (C=O) groups excluding carboxylic acids is 3. The van der Waals surface area contributed by atoms with Gasteiger partial charge in [0.05, 0.1) is 6.04 Å². The third kappa shape index (κ3) is 9.63. The fraction of sp³-hybridized carbons (Fsp3) is 0.371. The molecule has 3 aromatic carbocycles. The van der Waals surface area contributed by atoms with Gasteiger partial charge in [0.1, 0.15) is 23.3 Å². The summed E-state index contributed by atoms with van der Waals surface area (Å²) >= 11 is 0. The molecule has 0 spiro atoms. The van der Waals surface area contributed by atoms with Crippen LogP contribution in [0.4, 0.5) is 14.0 Å². The molecular weight excluding hydrogens is 573 g/mol. The second-order valence-corrected chi connectivity index (χ2v) is 12.1. The molecule has 1 heterocycles. The molecular formula is C35H42FN5O4. The molecule has 2 atom stereocenters. The van der Waals surface area contributed by atoms with Crippen molar-refractivity contribution in [2.45, 2.75) is 70.7 Å². The Morgan fingerprint density at radius 1 is 0.911 bits per heavy atom. The molecule has 1 fully saturated rings. The Hall–Kier alpha value is -4.73. The van der Waals surface area contributed by atoms with Crippen molar-refractivity contribution in [2.75, 3.05) is 13.1 Å². The third-order valence-corrected chi connectivity index (χ3v) is 7.47. The van der Waals surface area contributed by atoms with E-state index in [2.05, 4.69) is 10.6 Å². The number of amidine groups is 1. The van der Waals surface area contributed by atoms with Gasteiger partial charge in [0.2, 0.25) is 5.91 Å². The SMILES string of the molecule is CC(C)(C)OC(=O)NCCC[C@@H](C(=O)NCc1ccccc1)N1C(=O)N(CCc2ccc(F)cc2)C(=N)[C@@H]1Cc1ccccc1. The van der Waals surface area contributed by atoms with E-state index in [0.717, 1.165) is 16.7 Å². The van der Waals surface area contributed by atoms with Gasteiger partial charge >= 0.3 is 12.1 Å². The summed E-state index contributed by atoms with van der Waals surface area (Å²) in [6.07, 6.45) is 0.877. The van der Waals surface area contributed by atoms with E-state index >= 15 is 0 Å². The number of amides is 4. The quantitative estimate of drug-likeness (QED) is 0.215. The van der Waals surface area contributed by atoms with Crippen LogP contribution in [0.2, 0.25) is 0 Å². The number of ether oxygens (including phenoxy) is 1. The molecule has 3 aromatic rings. The minimum atomic E-state index is -0.897. The van der Waals surface area contributed by atoms with Gasteiger partial charge in [-0.05, 0) is 68.9 Å². The number of halogens is 1. The van der Waals surface area contributed by atoms with Crippen LogP contribution in [-0.4, -0.2) is 64.4 Å². The van der Waals surface area contributed by atoms with E-state index in [4.69, 9.17) is 10.1 Å². The molecule has 3 N–H and O–H groups in total. The average Bonchev–Trinajstić information content (AvgIpc) is 3.23. The molecule has 1 aliphatic rings. The van der Waals surface area contributed by atoms with Gasteiger partial charge in [0.15, 0.2) is 0 Å². The van der Waals surface area contributed by atoms with Crippen LogP contribution in [0.15, 0.2) is 84.9 Å². The molecule has 0 unspecified atom stereocenters. The largest absolute Gasteiger partial charge is 0.444 e. The lowest BCUT2D eigenvalue weighted by molar-refractivity contribution is -0.126. The Balaban J connectivity index is 1.56. The number of urea groups is 1. The fourth-order valence-electron chi connectivity index (χ4n) is 5.28. The summed E-state index contributed by atoms with van der Waals surface area (Å²) in [5, 5.41) is 14.8. The minimum Gasteiger partial charge on any atom is -0.444 e. The number of hydrogen-bond donors (Lipinski definition) is 3. The normalized spacial score (nSPS) is 15.6. The Labute approximate surface area is 264 Å². The zero-order chi connectivity index (χ0) is 32.4. The topological polar surface area (TPSA) is 115 Å². The Kier molecular flexibility index (Phi) is 11.3. The van der Waals surface area contributed by atoms with Gasteiger partial charge in [-0.1, -0.05) is 72.8 Å². The predicted octanol–water partition coefficient (Wildman–Crippen LogP) is 5.68. The second-order valence-electron chi connectivity index (χ2n) is 12.1. The summed E-state index contributed by atoms with van der Waals surface area (Å²) in [4.78, 5) is 43.1. The lowest BCUT2D eigenvalue weighted by Crippen LogP contribution is -2.52. The van der Waals surface area contributed by atoms with E-state index in [9.17, 15) is 18.8 Å². The molecule has 9 nitrogen and oxygen atoms in total. The van der Waals surface area contributed by atoms with Crippen molar-refractivity contribution in [3.05, 3.63) is 107 Å². The van der Waals surface area contributed by atoms with Crippen molar-refractivity contribution in [1.82, 2.24) is 20.4 Å². The predicted molar refractivity (Wildman–Crippen MR) is 171 cm³/mol. The number of benzene rings is 3. The highest BCUT2D eigenvalue weighted by Crippen LogP contribution is 2.27. The number of nitrogens with zero attached hydrogens (tertiary/aromatic N) is 2. The highest BCUT2D eigenvalue weighted by molar-refractivity contribution is 6.07. The van der Waals surface area contributed by atoms with Crippen LogP contribution in [0.1, 0.15) is 50.3 Å². The molecule has 1 saturated heterocycles. The summed E-state index contributed by atoms with van der Waals surface area (Å²) in [6.45, 7) is 6.08. The van der Waals surface area contributed by atoms with E-state index in [0.29, 0.717) is 19.3 Å². The monoisotopic (exact) mass is 615 g/mol. The van der Waals surface area contributed by atoms with Crippen LogP contribution in [0, 0.1) is 11.2 Å². The third-order valence-electron chi connectivity index (χ3n) is 7.47. The van der Waals surface area contributed by atoms with Crippen molar-refractivity contribution in [2.24, 2.45) is 0 Å². The van der Waals surface area contributed by atoms with Crippen LogP contribution in [-0.2, 0) is 28.9 Å². The Morgan fingerprint density at radius 3 is 2.16 bits per heavy atom. The van der Waals surface area contributed by atoms with Crippen molar-refractivity contribution in [3.63, 3.8) is 0 Å². The molecule has 238 valence electrons. The molecule has 0 bridgehead atoms. The number of hydrogen-bond acceptors (Lipinski definition) is 5. The minimum absolute atomic E-state index is 0.110. The van der Waals surface area contributed by atoms with E-state index < -0.39 is 29.8 Å². The summed E-state index contributed by atoms with van der Waals surface area (Å²) in [6, 6.07) is 23.1. The smallest absolute Gasteiger partial charge is 0.407 e. The molecule has 0 aromatic heterocycles. The fourth-order valence-corrected chi connectivity index (χ4v) is 5.28. The summed E-state index contributed by atoms with van der Waals surface area (Å²) in [7, 11) is 0. The van der Waals surface area contributed by atoms with Crippen molar-refractivity contribution in [3.8, 4) is 0 Å². The van der Waals surface area contributed by atoms with Gasteiger partial charge in [-0.15, -0.1) is 0 Å². The lowest BCUT2D eigenvalue weighted by Gasteiger charge is -2.31. The molecule has 4 amide bonds. The van der Waals surface area contributed by atoms with Gasteiger partial charge < -0.3 is 20.3 Å². The number of rotatable bonds is 13. The number of carbonyl (C=O) groups is 3. The molecule has 0 saturated carbocycles. The standard InChI is InChI=1S/C35H42FN5O4/c1-35(2,3)45-33(43)38-21-10-15-29(32(42)39-24-27-13-8-5-9-14-27)41-30(23-26-11-6-4-7-12-26)31(37)40(34(41)44)22-20-25-16-18-28(36)19-17-25/h4-9,11-14,16-19,29-30,37H,10,15,20-24H2,1-3H3,(H,38,43)(H,39,42)/t29-,30-/m0/s1. The first-order valence-electron chi connectivity index (χ1n) is 15.3. The lowest BCUT2D eigenvalue weighted by atomic mass is 10.0. The van der Waals surface area contributed by atoms with Crippen molar-refractivity contribution >= 4 is 23.9 Å². The van der Waals surface area contributed by atoms with Gasteiger partial charge in [0.25, 0.3) is 0 Å². The zero-order valence-corrected chi connectivity index (χ0v) is 26.1. The maximum absolute atomic E-state index is 14.1. The first-order valence-corrected chi connectivity index (χ1v) is 15.3. The second kappa shape index (κ2) is 15.3. The first-order chi connectivity index (χ1) is 21.5. The maximum atomic E-state index is 14.1. The summed E-state index contributed by atoms with van der Waals surface area (Å²) < 4.78 is 18.8. The van der Waals surface area contributed by atoms with E-state index in [1.165, 1.54) is 21.9 Å². The summed E-state index contributed by atoms with van der Waals surface area (Å²) in [5.41, 5.74) is 2.04. The highest BCUT2D eigenvalue weighted by atomic mass is 19.1. The van der Waals surface area contributed by atoms with E-state index in [-0.39, 0.29) is 43.6 Å². The van der Waals surface area contributed by atoms with Crippen LogP contribution in [0.25, 0.3) is 0 Å². The Bertz CT molecular complexity index is 1440. The molecule has 45 heavy (non-hydrogen) atoms. The zero-order valence-electron chi connectivity index (χ0n) is 26.1. The van der Waals surface area contributed by atoms with Crippen LogP contribution in [0.3, 0.4) is 0 Å². The van der Waals surface area contributed by atoms with Crippen molar-refractivity contribution < 1.29 is 23.5 Å². The molecule has 0 aliphatic carbocycles. The maximum Gasteiger partial charge on any atom is 0.407 e. The van der Waals surface area contributed by atoms with E-state index in [1.807, 2.05) is 60.7 Å².